The Morgan fingerprint density at radius 1 is 1.25 bits per heavy atom. The third-order valence-electron chi connectivity index (χ3n) is 3.23. The van der Waals surface area contributed by atoms with E-state index in [4.69, 9.17) is 0 Å². The van der Waals surface area contributed by atoms with Crippen LogP contribution in [0.1, 0.15) is 25.8 Å². The first-order chi connectivity index (χ1) is 7.61. The van der Waals surface area contributed by atoms with Crippen molar-refractivity contribution in [2.45, 2.75) is 38.8 Å². The van der Waals surface area contributed by atoms with Crippen molar-refractivity contribution in [1.82, 2.24) is 0 Å². The summed E-state index contributed by atoms with van der Waals surface area (Å²) in [5.74, 6) is 0.104. The average Bonchev–Trinajstić information content (AvgIpc) is 2.28. The molecule has 1 aliphatic heterocycles. The van der Waals surface area contributed by atoms with Crippen LogP contribution in [-0.4, -0.2) is 23.2 Å². The predicted molar refractivity (Wildman–Crippen MR) is 63.4 cm³/mol. The number of nitrogens with zero attached hydrogens (tertiary/aromatic N) is 1. The number of amides is 1. The maximum Gasteiger partial charge on any atom is 0.227 e. The van der Waals surface area contributed by atoms with Crippen LogP contribution in [0.25, 0.3) is 0 Å². The van der Waals surface area contributed by atoms with Crippen LogP contribution in [0, 0.1) is 0 Å². The van der Waals surface area contributed by atoms with Crippen LogP contribution >= 0.6 is 0 Å². The zero-order valence-electron chi connectivity index (χ0n) is 9.68. The van der Waals surface area contributed by atoms with Crippen molar-refractivity contribution in [2.24, 2.45) is 0 Å². The second kappa shape index (κ2) is 4.26. The summed E-state index contributed by atoms with van der Waals surface area (Å²) in [6.07, 6.45) is 0.821. The molecule has 1 aliphatic rings. The molecule has 1 aromatic carbocycles. The number of aliphatic hydroxyl groups excluding tert-OH is 1. The van der Waals surface area contributed by atoms with E-state index in [1.165, 1.54) is 5.56 Å². The molecule has 2 atom stereocenters. The molecular weight excluding hydrogens is 202 g/mol. The average molecular weight is 219 g/mol. The van der Waals surface area contributed by atoms with Gasteiger partial charge in [0.25, 0.3) is 0 Å². The number of aryl methyl sites for hydroxylation is 1. The minimum absolute atomic E-state index is 0.104. The first kappa shape index (κ1) is 11.1. The summed E-state index contributed by atoms with van der Waals surface area (Å²) < 4.78 is 0. The van der Waals surface area contributed by atoms with Crippen LogP contribution < -0.4 is 4.90 Å². The fourth-order valence-electron chi connectivity index (χ4n) is 2.12. The molecule has 0 spiro atoms. The van der Waals surface area contributed by atoms with Crippen molar-refractivity contribution in [1.29, 1.82) is 0 Å². The molecule has 0 radical (unpaired) electrons. The van der Waals surface area contributed by atoms with Gasteiger partial charge in [-0.2, -0.15) is 0 Å². The first-order valence-electron chi connectivity index (χ1n) is 5.69. The third-order valence-corrected chi connectivity index (χ3v) is 3.23. The molecule has 86 valence electrons. The number of para-hydroxylation sites is 1. The van der Waals surface area contributed by atoms with Gasteiger partial charge >= 0.3 is 0 Å². The fourth-order valence-corrected chi connectivity index (χ4v) is 2.12. The summed E-state index contributed by atoms with van der Waals surface area (Å²) >= 11 is 0. The van der Waals surface area contributed by atoms with Crippen molar-refractivity contribution < 1.29 is 9.90 Å². The topological polar surface area (TPSA) is 40.5 Å². The highest BCUT2D eigenvalue weighted by Gasteiger charge is 2.29. The molecule has 16 heavy (non-hydrogen) atoms. The number of fused-ring (bicyclic) bond motifs is 1. The Labute approximate surface area is 95.7 Å². The number of anilines is 1. The van der Waals surface area contributed by atoms with Gasteiger partial charge in [0.15, 0.2) is 0 Å². The summed E-state index contributed by atoms with van der Waals surface area (Å²) in [6.45, 7) is 3.60. The summed E-state index contributed by atoms with van der Waals surface area (Å²) in [5.41, 5.74) is 2.14. The molecule has 3 nitrogen and oxygen atoms in total. The Bertz CT molecular complexity index is 401. The van der Waals surface area contributed by atoms with Crippen LogP contribution in [0.4, 0.5) is 5.69 Å². The van der Waals surface area contributed by atoms with Crippen molar-refractivity contribution in [2.75, 3.05) is 4.90 Å². The van der Waals surface area contributed by atoms with Crippen LogP contribution in [0.15, 0.2) is 24.3 Å². The van der Waals surface area contributed by atoms with Crippen LogP contribution in [-0.2, 0) is 11.2 Å². The van der Waals surface area contributed by atoms with E-state index >= 15 is 0 Å². The van der Waals surface area contributed by atoms with E-state index in [1.54, 1.807) is 11.8 Å². The number of carbonyl (C=O) groups is 1. The molecule has 0 bridgehead atoms. The zero-order valence-corrected chi connectivity index (χ0v) is 9.68. The van der Waals surface area contributed by atoms with Gasteiger partial charge in [-0.3, -0.25) is 4.79 Å². The molecular formula is C13H17NO2. The van der Waals surface area contributed by atoms with Crippen LogP contribution in [0.2, 0.25) is 0 Å². The summed E-state index contributed by atoms with van der Waals surface area (Å²) in [6, 6.07) is 7.74. The summed E-state index contributed by atoms with van der Waals surface area (Å²) in [4.78, 5) is 13.6. The lowest BCUT2D eigenvalue weighted by Crippen LogP contribution is -2.46. The van der Waals surface area contributed by atoms with E-state index in [0.29, 0.717) is 6.42 Å². The molecule has 0 saturated heterocycles. The molecule has 0 fully saturated rings. The maximum atomic E-state index is 11.9. The van der Waals surface area contributed by atoms with Crippen molar-refractivity contribution in [3.05, 3.63) is 29.8 Å². The zero-order chi connectivity index (χ0) is 11.7. The monoisotopic (exact) mass is 219 g/mol. The number of rotatable bonds is 2. The van der Waals surface area contributed by atoms with Crippen molar-refractivity contribution in [3.8, 4) is 0 Å². The van der Waals surface area contributed by atoms with Crippen LogP contribution in [0.5, 0.6) is 0 Å². The van der Waals surface area contributed by atoms with Gasteiger partial charge in [0.05, 0.1) is 12.1 Å². The molecule has 0 aliphatic carbocycles. The fraction of sp³-hybridized carbons (Fsp3) is 0.462. The van der Waals surface area contributed by atoms with Gasteiger partial charge in [0.1, 0.15) is 0 Å². The smallest absolute Gasteiger partial charge is 0.227 e. The number of benzene rings is 1. The van der Waals surface area contributed by atoms with Gasteiger partial charge in [-0.05, 0) is 31.9 Å². The van der Waals surface area contributed by atoms with E-state index in [1.807, 2.05) is 31.2 Å². The Balaban J connectivity index is 2.40. The third kappa shape index (κ3) is 1.83. The maximum absolute atomic E-state index is 11.9. The first-order valence-corrected chi connectivity index (χ1v) is 5.69. The summed E-state index contributed by atoms with van der Waals surface area (Å²) in [7, 11) is 0. The molecule has 3 heteroatoms. The lowest BCUT2D eigenvalue weighted by atomic mass is 9.98. The van der Waals surface area contributed by atoms with Gasteiger partial charge < -0.3 is 10.0 Å². The van der Waals surface area contributed by atoms with E-state index in [2.05, 4.69) is 0 Å². The standard InChI is InChI=1S/C13H17NO2/c1-9(10(2)15)14-12-6-4-3-5-11(12)7-8-13(14)16/h3-6,9-10,15H,7-8H2,1-2H3. The lowest BCUT2D eigenvalue weighted by molar-refractivity contribution is -0.119. The molecule has 0 aromatic heterocycles. The second-order valence-electron chi connectivity index (χ2n) is 4.37. The van der Waals surface area contributed by atoms with Gasteiger partial charge in [-0.1, -0.05) is 18.2 Å². The molecule has 1 heterocycles. The van der Waals surface area contributed by atoms with Gasteiger partial charge in [-0.25, -0.2) is 0 Å². The van der Waals surface area contributed by atoms with E-state index in [9.17, 15) is 9.90 Å². The largest absolute Gasteiger partial charge is 0.391 e. The van der Waals surface area contributed by atoms with Crippen molar-refractivity contribution in [3.63, 3.8) is 0 Å². The molecule has 2 unspecified atom stereocenters. The molecule has 1 amide bonds. The molecule has 1 aromatic rings. The molecule has 2 rings (SSSR count). The minimum atomic E-state index is -0.518. The number of hydrogen-bond acceptors (Lipinski definition) is 2. The normalized spacial score (nSPS) is 19.2. The highest BCUT2D eigenvalue weighted by Crippen LogP contribution is 2.29. The Morgan fingerprint density at radius 3 is 2.62 bits per heavy atom. The van der Waals surface area contributed by atoms with E-state index in [-0.39, 0.29) is 11.9 Å². The Morgan fingerprint density at radius 2 is 1.94 bits per heavy atom. The Hall–Kier alpha value is -1.35. The lowest BCUT2D eigenvalue weighted by Gasteiger charge is -2.35. The highest BCUT2D eigenvalue weighted by atomic mass is 16.3. The number of aliphatic hydroxyl groups is 1. The SMILES string of the molecule is CC(O)C(C)N1C(=O)CCc2ccccc21. The van der Waals surface area contributed by atoms with Gasteiger partial charge in [0.2, 0.25) is 5.91 Å². The van der Waals surface area contributed by atoms with Gasteiger partial charge in [-0.15, -0.1) is 0 Å². The number of carbonyl (C=O) groups excluding carboxylic acids is 1. The van der Waals surface area contributed by atoms with Crippen molar-refractivity contribution >= 4 is 11.6 Å². The Kier molecular flexibility index (Phi) is 2.97. The summed E-state index contributed by atoms with van der Waals surface area (Å²) in [5, 5.41) is 9.62. The van der Waals surface area contributed by atoms with Gasteiger partial charge in [0, 0.05) is 12.1 Å². The van der Waals surface area contributed by atoms with E-state index < -0.39 is 6.10 Å². The predicted octanol–water partition coefficient (Wildman–Crippen LogP) is 1.74. The quantitative estimate of drug-likeness (QED) is 0.823. The second-order valence-corrected chi connectivity index (χ2v) is 4.37. The number of hydrogen-bond donors (Lipinski definition) is 1. The molecule has 0 saturated carbocycles. The van der Waals surface area contributed by atoms with E-state index in [0.717, 1.165) is 12.1 Å². The highest BCUT2D eigenvalue weighted by molar-refractivity contribution is 5.97. The molecule has 1 N–H and O–H groups in total. The minimum Gasteiger partial charge on any atom is -0.391 e. The van der Waals surface area contributed by atoms with Crippen LogP contribution in [0.3, 0.4) is 0 Å².